The van der Waals surface area contributed by atoms with Gasteiger partial charge in [0, 0.05) is 5.69 Å². The van der Waals surface area contributed by atoms with Gasteiger partial charge in [0.25, 0.3) is 0 Å². The fraction of sp³-hybridized carbons (Fsp3) is 0.588. The molecule has 1 N–H and O–H groups in total. The lowest BCUT2D eigenvalue weighted by Gasteiger charge is -2.42. The Bertz CT molecular complexity index is 955. The van der Waals surface area contributed by atoms with Crippen LogP contribution in [0.15, 0.2) is 18.2 Å². The second-order valence-corrected chi connectivity index (χ2v) is 7.07. The molecule has 0 bridgehead atoms. The summed E-state index contributed by atoms with van der Waals surface area (Å²) in [7, 11) is 0. The number of halogens is 16. The van der Waals surface area contributed by atoms with E-state index in [0.717, 1.165) is 24.4 Å². The molecular formula is C17H11F16NO. The van der Waals surface area contributed by atoms with Gasteiger partial charge < -0.3 is 5.32 Å². The Morgan fingerprint density at radius 2 is 1.09 bits per heavy atom. The zero-order chi connectivity index (χ0) is 28.2. The first-order valence-corrected chi connectivity index (χ1v) is 8.57. The fourth-order valence-electron chi connectivity index (χ4n) is 2.36. The van der Waals surface area contributed by atoms with Crippen LogP contribution in [-0.2, 0) is 4.79 Å². The highest BCUT2D eigenvalue weighted by atomic mass is 19.4. The first kappa shape index (κ1) is 30.6. The Balaban J connectivity index is 3.58. The molecule has 0 aliphatic rings. The number of alkyl halides is 16. The molecule has 0 spiro atoms. The highest BCUT2D eigenvalue weighted by Gasteiger charge is 2.94. The molecule has 0 fully saturated rings. The minimum atomic E-state index is -8.55. The lowest BCUT2D eigenvalue weighted by molar-refractivity contribution is -0.443. The van der Waals surface area contributed by atoms with E-state index in [1.165, 1.54) is 13.0 Å². The second kappa shape index (κ2) is 8.60. The van der Waals surface area contributed by atoms with E-state index in [9.17, 15) is 75.0 Å². The maximum atomic E-state index is 13.9. The lowest BCUT2D eigenvalue weighted by Crippen LogP contribution is -2.74. The number of nitrogens with one attached hydrogen (secondary N) is 1. The maximum absolute atomic E-state index is 13.9. The first-order chi connectivity index (χ1) is 15.3. The van der Waals surface area contributed by atoms with Crippen LogP contribution in [0, 0.1) is 13.8 Å². The van der Waals surface area contributed by atoms with E-state index in [1.54, 1.807) is 0 Å². The van der Waals surface area contributed by atoms with Crippen molar-refractivity contribution >= 4 is 11.6 Å². The van der Waals surface area contributed by atoms with Crippen molar-refractivity contribution in [3.8, 4) is 0 Å². The molecule has 0 heterocycles. The number of hydrogen-bond acceptors (Lipinski definition) is 1. The normalized spacial score (nSPS) is 14.9. The molecule has 0 aromatic heterocycles. The lowest BCUT2D eigenvalue weighted by atomic mass is 9.89. The van der Waals surface area contributed by atoms with Crippen molar-refractivity contribution in [2.75, 3.05) is 5.32 Å². The quantitative estimate of drug-likeness (QED) is 0.332. The van der Waals surface area contributed by atoms with Crippen molar-refractivity contribution in [3.05, 3.63) is 29.3 Å². The number of carbonyl (C=O) groups is 1. The third-order valence-corrected chi connectivity index (χ3v) is 4.80. The SMILES string of the molecule is Cc1cccc(NC(=O)C(F)(F)C(F)(F)C(F)(F)C(F)(F)C(F)(F)C(F)(F)C(F)(F)C(F)F)c1C. The van der Waals surface area contributed by atoms with Gasteiger partial charge in [-0.15, -0.1) is 0 Å². The van der Waals surface area contributed by atoms with Crippen molar-refractivity contribution < 1.29 is 75.0 Å². The maximum Gasteiger partial charge on any atom is 0.393 e. The van der Waals surface area contributed by atoms with Crippen LogP contribution in [0.5, 0.6) is 0 Å². The van der Waals surface area contributed by atoms with Crippen molar-refractivity contribution in [1.29, 1.82) is 0 Å². The van der Waals surface area contributed by atoms with Crippen LogP contribution in [0.2, 0.25) is 0 Å². The van der Waals surface area contributed by atoms with Gasteiger partial charge in [-0.3, -0.25) is 4.79 Å². The van der Waals surface area contributed by atoms with Gasteiger partial charge in [-0.05, 0) is 31.0 Å². The van der Waals surface area contributed by atoms with Gasteiger partial charge in [0.2, 0.25) is 0 Å². The van der Waals surface area contributed by atoms with Crippen LogP contribution in [0.25, 0.3) is 0 Å². The van der Waals surface area contributed by atoms with Gasteiger partial charge in [-0.2, -0.15) is 61.5 Å². The Hall–Kier alpha value is -2.43. The molecule has 0 saturated carbocycles. The predicted molar refractivity (Wildman–Crippen MR) is 85.2 cm³/mol. The van der Waals surface area contributed by atoms with Crippen LogP contribution < -0.4 is 5.32 Å². The molecule has 35 heavy (non-hydrogen) atoms. The summed E-state index contributed by atoms with van der Waals surface area (Å²) in [5.74, 6) is -59.7. The molecule has 0 radical (unpaired) electrons. The summed E-state index contributed by atoms with van der Waals surface area (Å²) in [5.41, 5.74) is -0.761. The highest BCUT2D eigenvalue weighted by Crippen LogP contribution is 2.62. The summed E-state index contributed by atoms with van der Waals surface area (Å²) in [4.78, 5) is 11.5. The van der Waals surface area contributed by atoms with Crippen LogP contribution >= 0.6 is 0 Å². The fourth-order valence-corrected chi connectivity index (χ4v) is 2.36. The Morgan fingerprint density at radius 1 is 0.686 bits per heavy atom. The molecule has 0 aliphatic heterocycles. The van der Waals surface area contributed by atoms with Gasteiger partial charge in [0.15, 0.2) is 0 Å². The van der Waals surface area contributed by atoms with Crippen LogP contribution in [0.3, 0.4) is 0 Å². The molecule has 1 rings (SSSR count). The van der Waals surface area contributed by atoms with Gasteiger partial charge in [-0.1, -0.05) is 12.1 Å². The highest BCUT2D eigenvalue weighted by molar-refractivity contribution is 5.97. The minimum Gasteiger partial charge on any atom is -0.320 e. The number of benzene rings is 1. The molecule has 0 aliphatic carbocycles. The van der Waals surface area contributed by atoms with Crippen molar-refractivity contribution in [2.24, 2.45) is 0 Å². The first-order valence-electron chi connectivity index (χ1n) is 8.57. The molecule has 202 valence electrons. The molecule has 0 saturated heterocycles. The average Bonchev–Trinajstić information content (AvgIpc) is 2.70. The molecule has 1 amide bonds. The summed E-state index contributed by atoms with van der Waals surface area (Å²) >= 11 is 0. The molecule has 1 aromatic carbocycles. The van der Waals surface area contributed by atoms with E-state index in [1.807, 2.05) is 0 Å². The van der Waals surface area contributed by atoms with E-state index in [-0.39, 0.29) is 11.1 Å². The summed E-state index contributed by atoms with van der Waals surface area (Å²) in [6, 6.07) is 3.00. The standard InChI is InChI=1S/C17H11F16NO/c1-6-4-3-5-8(7(6)2)34-10(35)12(22,23)14(26,27)16(30,31)17(32,33)15(28,29)13(24,25)11(20,21)9(18)19/h3-5,9H,1-2H3,(H,34,35). The number of aryl methyl sites for hydroxylation is 1. The molecule has 0 atom stereocenters. The topological polar surface area (TPSA) is 29.1 Å². The monoisotopic (exact) mass is 549 g/mol. The minimum absolute atomic E-state index is 0.155. The van der Waals surface area contributed by atoms with E-state index in [2.05, 4.69) is 0 Å². The van der Waals surface area contributed by atoms with Crippen molar-refractivity contribution in [1.82, 2.24) is 0 Å². The Morgan fingerprint density at radius 3 is 1.51 bits per heavy atom. The zero-order valence-electron chi connectivity index (χ0n) is 16.8. The Kier molecular flexibility index (Phi) is 7.52. The third-order valence-electron chi connectivity index (χ3n) is 4.80. The van der Waals surface area contributed by atoms with Crippen LogP contribution in [0.1, 0.15) is 11.1 Å². The zero-order valence-corrected chi connectivity index (χ0v) is 16.8. The van der Waals surface area contributed by atoms with Gasteiger partial charge in [0.05, 0.1) is 0 Å². The number of anilines is 1. The summed E-state index contributed by atoms with van der Waals surface area (Å²) in [6.45, 7) is 2.33. The number of hydrogen-bond donors (Lipinski definition) is 1. The van der Waals surface area contributed by atoms with Gasteiger partial charge >= 0.3 is 53.8 Å². The summed E-state index contributed by atoms with van der Waals surface area (Å²) < 4.78 is 213. The van der Waals surface area contributed by atoms with Crippen molar-refractivity contribution in [3.63, 3.8) is 0 Å². The average molecular weight is 549 g/mol. The van der Waals surface area contributed by atoms with Crippen molar-refractivity contribution in [2.45, 2.75) is 61.7 Å². The predicted octanol–water partition coefficient (Wildman–Crippen LogP) is 6.95. The molecule has 2 nitrogen and oxygen atoms in total. The second-order valence-electron chi connectivity index (χ2n) is 7.07. The largest absolute Gasteiger partial charge is 0.393 e. The Labute approximate surface area is 184 Å². The smallest absolute Gasteiger partial charge is 0.320 e. The van der Waals surface area contributed by atoms with Gasteiger partial charge in [0.1, 0.15) is 0 Å². The third kappa shape index (κ3) is 4.15. The van der Waals surface area contributed by atoms with Crippen LogP contribution in [-0.4, -0.2) is 53.8 Å². The van der Waals surface area contributed by atoms with Crippen LogP contribution in [0.4, 0.5) is 75.9 Å². The summed E-state index contributed by atoms with van der Waals surface area (Å²) in [5, 5.41) is 0.927. The molecular weight excluding hydrogens is 538 g/mol. The van der Waals surface area contributed by atoms with E-state index < -0.39 is 59.5 Å². The van der Waals surface area contributed by atoms with Gasteiger partial charge in [-0.25, -0.2) is 8.78 Å². The number of amides is 1. The van der Waals surface area contributed by atoms with E-state index in [0.29, 0.717) is 0 Å². The number of carbonyl (C=O) groups excluding carboxylic acids is 1. The molecule has 18 heteroatoms. The van der Waals surface area contributed by atoms with E-state index in [4.69, 9.17) is 0 Å². The van der Waals surface area contributed by atoms with E-state index >= 15 is 0 Å². The molecule has 0 unspecified atom stereocenters. The number of rotatable bonds is 9. The summed E-state index contributed by atoms with van der Waals surface area (Å²) in [6.07, 6.45) is -5.92. The molecule has 1 aromatic rings.